The number of carboxylic acids is 2. The molecule has 3 atom stereocenters. The van der Waals surface area contributed by atoms with Crippen LogP contribution in [-0.2, 0) is 12.8 Å². The van der Waals surface area contributed by atoms with Gasteiger partial charge in [0.1, 0.15) is 17.1 Å². The lowest BCUT2D eigenvalue weighted by molar-refractivity contribution is -0.153. The molecular weight excluding hydrogens is 736 g/mol. The third-order valence-corrected chi connectivity index (χ3v) is 9.84. The van der Waals surface area contributed by atoms with Gasteiger partial charge in [-0.1, -0.05) is 12.1 Å². The van der Waals surface area contributed by atoms with Crippen LogP contribution in [0.1, 0.15) is 92.0 Å². The van der Waals surface area contributed by atoms with E-state index in [4.69, 9.17) is 9.47 Å². The zero-order chi connectivity index (χ0) is 39.3. The molecule has 11 nitrogen and oxygen atoms in total. The number of rotatable bonds is 14. The molecule has 17 heteroatoms. The lowest BCUT2D eigenvalue weighted by Crippen LogP contribution is -2.25. The number of nitrogens with zero attached hydrogens (tertiary/aromatic N) is 3. The average molecular weight is 774 g/mol. The fourth-order valence-electron chi connectivity index (χ4n) is 7.35. The van der Waals surface area contributed by atoms with Gasteiger partial charge in [-0.25, -0.2) is 9.59 Å². The van der Waals surface area contributed by atoms with Gasteiger partial charge in [0, 0.05) is 31.1 Å². The number of hydrogen-bond donors (Lipinski definition) is 4. The molecule has 4 N–H and O–H groups in total. The normalized spacial score (nSPS) is 18.1. The van der Waals surface area contributed by atoms with Gasteiger partial charge in [0.2, 0.25) is 0 Å². The Morgan fingerprint density at radius 3 is 2.33 bits per heavy atom. The monoisotopic (exact) mass is 773 g/mol. The molecule has 292 valence electrons. The number of nitrogens with one attached hydrogen (secondary N) is 2. The number of halogens is 6. The Kier molecular flexibility index (Phi) is 11.7. The predicted octanol–water partition coefficient (Wildman–Crippen LogP) is 8.00. The lowest BCUT2D eigenvalue weighted by atomic mass is 9.72. The number of alkyl halides is 6. The van der Waals surface area contributed by atoms with E-state index in [1.165, 1.54) is 42.9 Å². The van der Waals surface area contributed by atoms with Crippen LogP contribution in [0.25, 0.3) is 0 Å². The molecule has 0 saturated carbocycles. The van der Waals surface area contributed by atoms with Gasteiger partial charge in [0.05, 0.1) is 36.7 Å². The number of aromatic carboxylic acids is 2. The number of carboxylic acid groups (broad SMARTS) is 2. The number of hydrogen-bond acceptors (Lipinski definition) is 9. The van der Waals surface area contributed by atoms with Gasteiger partial charge in [-0.15, -0.1) is 5.10 Å². The number of ether oxygens (including phenoxy) is 2. The van der Waals surface area contributed by atoms with E-state index in [0.29, 0.717) is 36.8 Å². The van der Waals surface area contributed by atoms with Crippen LogP contribution in [0.2, 0.25) is 0 Å². The summed E-state index contributed by atoms with van der Waals surface area (Å²) < 4.78 is 90.0. The highest BCUT2D eigenvalue weighted by Crippen LogP contribution is 2.46. The second-order valence-corrected chi connectivity index (χ2v) is 13.6. The van der Waals surface area contributed by atoms with Crippen molar-refractivity contribution >= 4 is 23.4 Å². The Labute approximate surface area is 311 Å². The molecule has 0 amide bonds. The van der Waals surface area contributed by atoms with Crippen LogP contribution < -0.4 is 20.1 Å². The first kappa shape index (κ1) is 39.1. The van der Waals surface area contributed by atoms with Crippen molar-refractivity contribution in [3.63, 3.8) is 0 Å². The summed E-state index contributed by atoms with van der Waals surface area (Å²) in [6.45, 7) is -1.65. The first-order valence-electron chi connectivity index (χ1n) is 17.5. The van der Waals surface area contributed by atoms with Crippen LogP contribution in [0.4, 0.5) is 37.8 Å². The van der Waals surface area contributed by atoms with Gasteiger partial charge < -0.3 is 30.3 Å². The lowest BCUT2D eigenvalue weighted by Gasteiger charge is -2.35. The number of aromatic nitrogens is 3. The number of benzene rings is 2. The van der Waals surface area contributed by atoms with E-state index in [2.05, 4.69) is 25.8 Å². The number of fused-ring (bicyclic) bond motifs is 2. The third kappa shape index (κ3) is 9.93. The predicted molar refractivity (Wildman–Crippen MR) is 187 cm³/mol. The van der Waals surface area contributed by atoms with Crippen LogP contribution in [0.5, 0.6) is 11.5 Å². The van der Waals surface area contributed by atoms with Crippen molar-refractivity contribution < 1.29 is 55.6 Å². The minimum Gasteiger partial charge on any atom is -0.493 e. The maximum atomic E-state index is 13.3. The third-order valence-electron chi connectivity index (χ3n) is 9.84. The van der Waals surface area contributed by atoms with E-state index >= 15 is 0 Å². The summed E-state index contributed by atoms with van der Waals surface area (Å²) in [5.41, 5.74) is 4.04. The molecule has 2 aromatic heterocycles. The van der Waals surface area contributed by atoms with E-state index in [1.807, 2.05) is 6.07 Å². The minimum atomic E-state index is -4.57. The molecule has 0 bridgehead atoms. The van der Waals surface area contributed by atoms with E-state index in [1.54, 1.807) is 12.1 Å². The van der Waals surface area contributed by atoms with E-state index in [-0.39, 0.29) is 59.1 Å². The van der Waals surface area contributed by atoms with Gasteiger partial charge in [-0.3, -0.25) is 4.98 Å². The summed E-state index contributed by atoms with van der Waals surface area (Å²) >= 11 is 0. The Morgan fingerprint density at radius 2 is 1.58 bits per heavy atom. The van der Waals surface area contributed by atoms with Crippen LogP contribution in [-0.4, -0.2) is 76.0 Å². The molecule has 0 aliphatic heterocycles. The molecule has 0 fully saturated rings. The Bertz CT molecular complexity index is 2030. The molecule has 55 heavy (non-hydrogen) atoms. The first-order chi connectivity index (χ1) is 26.1. The van der Waals surface area contributed by atoms with Gasteiger partial charge in [-0.05, 0) is 96.2 Å². The molecule has 0 radical (unpaired) electrons. The molecule has 2 aliphatic rings. The fraction of sp³-hybridized carbons (Fsp3) is 0.395. The molecule has 2 aromatic carbocycles. The highest BCUT2D eigenvalue weighted by Gasteiger charge is 2.34. The molecule has 4 aromatic rings. The smallest absolute Gasteiger partial charge is 0.422 e. The highest BCUT2D eigenvalue weighted by atomic mass is 19.4. The standard InChI is InChI=1S/C38H37F6N5O6/c39-37(40,41)8-11-54-33-15-21-2-1-3-22(17-47-34-29(36(52)53)7-10-48-49-34)30(21)16-31(33)23-12-24-14-26(55-20-38(42,43)44)4-5-27(24)25(13-23)18-46-32-19-45-9-6-28(32)35(50)51/h4-7,9-10,14-16,19,22-23,25,46H,1-3,8,11-13,17-18,20H2,(H,47,49)(H,50,51)(H,52,53). The maximum Gasteiger partial charge on any atom is 0.422 e. The van der Waals surface area contributed by atoms with Crippen molar-refractivity contribution in [2.45, 2.75) is 68.6 Å². The van der Waals surface area contributed by atoms with Gasteiger partial charge >= 0.3 is 24.3 Å². The summed E-state index contributed by atoms with van der Waals surface area (Å²) in [6.07, 6.45) is -3.41. The van der Waals surface area contributed by atoms with Crippen molar-refractivity contribution in [2.75, 3.05) is 36.9 Å². The van der Waals surface area contributed by atoms with Crippen LogP contribution in [0, 0.1) is 0 Å². The first-order valence-corrected chi connectivity index (χ1v) is 17.5. The van der Waals surface area contributed by atoms with Crippen molar-refractivity contribution in [1.29, 1.82) is 0 Å². The summed E-state index contributed by atoms with van der Waals surface area (Å²) in [4.78, 5) is 27.7. The zero-order valence-electron chi connectivity index (χ0n) is 29.2. The number of carbonyl (C=O) groups is 2. The summed E-state index contributed by atoms with van der Waals surface area (Å²) in [5, 5.41) is 33.4. The molecule has 6 rings (SSSR count). The van der Waals surface area contributed by atoms with Crippen LogP contribution >= 0.6 is 0 Å². The Hall–Kier alpha value is -5.61. The Morgan fingerprint density at radius 1 is 0.818 bits per heavy atom. The van der Waals surface area contributed by atoms with E-state index < -0.39 is 49.8 Å². The van der Waals surface area contributed by atoms with Crippen LogP contribution in [0.3, 0.4) is 0 Å². The van der Waals surface area contributed by atoms with Crippen molar-refractivity contribution in [2.24, 2.45) is 0 Å². The number of anilines is 2. The van der Waals surface area contributed by atoms with Crippen molar-refractivity contribution in [3.05, 3.63) is 100.0 Å². The largest absolute Gasteiger partial charge is 0.493 e. The summed E-state index contributed by atoms with van der Waals surface area (Å²) in [7, 11) is 0. The van der Waals surface area contributed by atoms with Gasteiger partial charge in [0.15, 0.2) is 12.4 Å². The molecule has 0 saturated heterocycles. The fourth-order valence-corrected chi connectivity index (χ4v) is 7.35. The quantitative estimate of drug-likeness (QED) is 0.0922. The van der Waals surface area contributed by atoms with E-state index in [9.17, 15) is 46.1 Å². The second kappa shape index (κ2) is 16.4. The summed E-state index contributed by atoms with van der Waals surface area (Å²) in [6, 6.07) is 11.0. The van der Waals surface area contributed by atoms with Crippen molar-refractivity contribution in [1.82, 2.24) is 15.2 Å². The number of pyridine rings is 1. The van der Waals surface area contributed by atoms with Crippen LogP contribution in [0.15, 0.2) is 61.1 Å². The second-order valence-electron chi connectivity index (χ2n) is 13.6. The Balaban J connectivity index is 1.37. The van der Waals surface area contributed by atoms with Crippen molar-refractivity contribution in [3.8, 4) is 11.5 Å². The molecule has 2 aliphatic carbocycles. The SMILES string of the molecule is O=C(O)c1ccncc1NCC1CC(c2cc3c(cc2OCCC(F)(F)F)CCCC3CNc2nnccc2C(=O)O)Cc2cc(OCC(F)(F)F)ccc21. The molecule has 2 heterocycles. The number of aryl methyl sites for hydroxylation is 1. The minimum absolute atomic E-state index is 0.00757. The topological polar surface area (TPSA) is 156 Å². The molecule has 0 spiro atoms. The van der Waals surface area contributed by atoms with Gasteiger partial charge in [0.25, 0.3) is 0 Å². The summed E-state index contributed by atoms with van der Waals surface area (Å²) in [5.74, 6) is -2.88. The van der Waals surface area contributed by atoms with E-state index in [0.717, 1.165) is 23.1 Å². The maximum absolute atomic E-state index is 13.3. The zero-order valence-corrected chi connectivity index (χ0v) is 29.2. The molecular formula is C38H37F6N5O6. The average Bonchev–Trinajstić information content (AvgIpc) is 3.14. The molecule has 3 unspecified atom stereocenters. The van der Waals surface area contributed by atoms with Gasteiger partial charge in [-0.2, -0.15) is 31.4 Å². The highest BCUT2D eigenvalue weighted by molar-refractivity contribution is 5.94.